The lowest BCUT2D eigenvalue weighted by molar-refractivity contribution is 0.622. The molecule has 1 aromatic rings. The molecule has 0 bridgehead atoms. The molecule has 0 fully saturated rings. The molecule has 0 radical (unpaired) electrons. The summed E-state index contributed by atoms with van der Waals surface area (Å²) in [6.45, 7) is 7.94. The maximum absolute atomic E-state index is 5.73. The van der Waals surface area contributed by atoms with Gasteiger partial charge in [0.05, 0.1) is 6.54 Å². The van der Waals surface area contributed by atoms with Crippen LogP contribution >= 0.6 is 11.3 Å². The van der Waals surface area contributed by atoms with Gasteiger partial charge in [0.15, 0.2) is 5.96 Å². The molecule has 4 heteroatoms. The molecule has 0 aliphatic rings. The number of aryl methyl sites for hydroxylation is 1. The third kappa shape index (κ3) is 4.34. The van der Waals surface area contributed by atoms with Crippen molar-refractivity contribution in [2.45, 2.75) is 27.3 Å². The molecule has 1 heterocycles. The summed E-state index contributed by atoms with van der Waals surface area (Å²) in [7, 11) is 0. The van der Waals surface area contributed by atoms with E-state index in [1.54, 1.807) is 11.3 Å². The Morgan fingerprint density at radius 3 is 2.87 bits per heavy atom. The van der Waals surface area contributed by atoms with Gasteiger partial charge in [-0.2, -0.15) is 0 Å². The van der Waals surface area contributed by atoms with Gasteiger partial charge in [0.25, 0.3) is 0 Å². The van der Waals surface area contributed by atoms with Crippen molar-refractivity contribution in [1.82, 2.24) is 5.32 Å². The molecule has 0 aromatic carbocycles. The summed E-state index contributed by atoms with van der Waals surface area (Å²) in [6.07, 6.45) is 0. The number of aliphatic imine (C=N–C) groups is 1. The third-order valence-electron chi connectivity index (χ3n) is 2.05. The molecule has 15 heavy (non-hydrogen) atoms. The smallest absolute Gasteiger partial charge is 0.188 e. The average molecular weight is 225 g/mol. The lowest BCUT2D eigenvalue weighted by Gasteiger charge is -2.07. The highest BCUT2D eigenvalue weighted by molar-refractivity contribution is 7.10. The van der Waals surface area contributed by atoms with Crippen molar-refractivity contribution in [2.24, 2.45) is 16.6 Å². The Morgan fingerprint density at radius 2 is 2.33 bits per heavy atom. The summed E-state index contributed by atoms with van der Waals surface area (Å²) in [6, 6.07) is 2.10. The van der Waals surface area contributed by atoms with E-state index in [4.69, 9.17) is 5.73 Å². The van der Waals surface area contributed by atoms with E-state index in [1.807, 2.05) is 0 Å². The first-order valence-electron chi connectivity index (χ1n) is 5.16. The minimum absolute atomic E-state index is 0.538. The number of hydrogen-bond donors (Lipinski definition) is 2. The molecule has 0 saturated heterocycles. The standard InChI is InChI=1S/C11H19N3S/c1-8(2)6-13-11(12)14-7-10-9(3)4-5-15-10/h4-5,8H,6-7H2,1-3H3,(H3,12,13,14). The Bertz CT molecular complexity index is 328. The Labute approximate surface area is 95.4 Å². The van der Waals surface area contributed by atoms with E-state index in [-0.39, 0.29) is 0 Å². The fourth-order valence-corrected chi connectivity index (χ4v) is 1.92. The Kier molecular flexibility index (Phi) is 4.62. The van der Waals surface area contributed by atoms with Crippen molar-refractivity contribution in [2.75, 3.05) is 6.54 Å². The molecule has 1 rings (SSSR count). The Hall–Kier alpha value is -1.03. The van der Waals surface area contributed by atoms with E-state index in [0.29, 0.717) is 18.4 Å². The van der Waals surface area contributed by atoms with Crippen LogP contribution in [0.15, 0.2) is 16.4 Å². The number of nitrogens with one attached hydrogen (secondary N) is 1. The lowest BCUT2D eigenvalue weighted by atomic mass is 10.2. The van der Waals surface area contributed by atoms with E-state index in [9.17, 15) is 0 Å². The van der Waals surface area contributed by atoms with Gasteiger partial charge in [-0.25, -0.2) is 4.99 Å². The van der Waals surface area contributed by atoms with Gasteiger partial charge in [0.2, 0.25) is 0 Å². The van der Waals surface area contributed by atoms with Crippen LogP contribution in [0.5, 0.6) is 0 Å². The minimum Gasteiger partial charge on any atom is -0.370 e. The van der Waals surface area contributed by atoms with E-state index in [1.165, 1.54) is 10.4 Å². The summed E-state index contributed by atoms with van der Waals surface area (Å²) < 4.78 is 0. The highest BCUT2D eigenvalue weighted by Gasteiger charge is 1.99. The first kappa shape index (κ1) is 12.0. The zero-order valence-corrected chi connectivity index (χ0v) is 10.4. The Balaban J connectivity index is 2.40. The van der Waals surface area contributed by atoms with Crippen molar-refractivity contribution in [3.05, 3.63) is 21.9 Å². The summed E-state index contributed by atoms with van der Waals surface area (Å²) in [4.78, 5) is 5.57. The van der Waals surface area contributed by atoms with Crippen LogP contribution in [0.1, 0.15) is 24.3 Å². The van der Waals surface area contributed by atoms with Gasteiger partial charge in [-0.3, -0.25) is 0 Å². The van der Waals surface area contributed by atoms with Gasteiger partial charge in [0.1, 0.15) is 0 Å². The van der Waals surface area contributed by atoms with Crippen LogP contribution in [-0.4, -0.2) is 12.5 Å². The maximum Gasteiger partial charge on any atom is 0.188 e. The van der Waals surface area contributed by atoms with E-state index in [2.05, 4.69) is 42.5 Å². The quantitative estimate of drug-likeness (QED) is 0.609. The molecule has 3 N–H and O–H groups in total. The molecule has 0 atom stereocenters. The predicted octanol–water partition coefficient (Wildman–Crippen LogP) is 2.12. The van der Waals surface area contributed by atoms with Gasteiger partial charge in [-0.1, -0.05) is 13.8 Å². The topological polar surface area (TPSA) is 50.4 Å². The summed E-state index contributed by atoms with van der Waals surface area (Å²) in [5, 5.41) is 5.18. The minimum atomic E-state index is 0.538. The predicted molar refractivity (Wildman–Crippen MR) is 67.2 cm³/mol. The summed E-state index contributed by atoms with van der Waals surface area (Å²) in [5.41, 5.74) is 7.02. The number of guanidine groups is 1. The number of thiophene rings is 1. The number of hydrogen-bond acceptors (Lipinski definition) is 2. The van der Waals surface area contributed by atoms with Crippen molar-refractivity contribution in [1.29, 1.82) is 0 Å². The monoisotopic (exact) mass is 225 g/mol. The fourth-order valence-electron chi connectivity index (χ4n) is 1.09. The van der Waals surface area contributed by atoms with Crippen molar-refractivity contribution in [3.8, 4) is 0 Å². The first-order valence-corrected chi connectivity index (χ1v) is 6.04. The summed E-state index contributed by atoms with van der Waals surface area (Å²) in [5.74, 6) is 1.12. The zero-order valence-electron chi connectivity index (χ0n) is 9.58. The van der Waals surface area contributed by atoms with Crippen molar-refractivity contribution in [3.63, 3.8) is 0 Å². The van der Waals surface area contributed by atoms with E-state index in [0.717, 1.165) is 6.54 Å². The van der Waals surface area contributed by atoms with E-state index < -0.39 is 0 Å². The number of nitrogens with zero attached hydrogens (tertiary/aromatic N) is 1. The third-order valence-corrected chi connectivity index (χ3v) is 3.06. The normalized spacial score (nSPS) is 12.1. The first-order chi connectivity index (χ1) is 7.09. The molecule has 3 nitrogen and oxygen atoms in total. The molecule has 0 saturated carbocycles. The number of nitrogens with two attached hydrogens (primary N) is 1. The second kappa shape index (κ2) is 5.75. The molecular formula is C11H19N3S. The van der Waals surface area contributed by atoms with Crippen LogP contribution in [0.2, 0.25) is 0 Å². The molecule has 0 unspecified atom stereocenters. The van der Waals surface area contributed by atoms with Crippen LogP contribution in [0, 0.1) is 12.8 Å². The van der Waals surface area contributed by atoms with Gasteiger partial charge in [-0.15, -0.1) is 11.3 Å². The van der Waals surface area contributed by atoms with Crippen LogP contribution < -0.4 is 11.1 Å². The summed E-state index contributed by atoms with van der Waals surface area (Å²) >= 11 is 1.73. The highest BCUT2D eigenvalue weighted by Crippen LogP contribution is 2.15. The molecular weight excluding hydrogens is 206 g/mol. The van der Waals surface area contributed by atoms with E-state index >= 15 is 0 Å². The van der Waals surface area contributed by atoms with Gasteiger partial charge >= 0.3 is 0 Å². The Morgan fingerprint density at radius 1 is 1.60 bits per heavy atom. The molecule has 0 amide bonds. The van der Waals surface area contributed by atoms with Gasteiger partial charge < -0.3 is 11.1 Å². The molecule has 84 valence electrons. The fraction of sp³-hybridized carbons (Fsp3) is 0.545. The molecule has 0 aliphatic carbocycles. The second-order valence-corrected chi connectivity index (χ2v) is 5.00. The molecule has 0 spiro atoms. The van der Waals surface area contributed by atoms with Gasteiger partial charge in [-0.05, 0) is 29.9 Å². The van der Waals surface area contributed by atoms with Crippen LogP contribution in [0.25, 0.3) is 0 Å². The van der Waals surface area contributed by atoms with Gasteiger partial charge in [0, 0.05) is 11.4 Å². The highest BCUT2D eigenvalue weighted by atomic mass is 32.1. The van der Waals surface area contributed by atoms with Crippen LogP contribution in [0.4, 0.5) is 0 Å². The van der Waals surface area contributed by atoms with Crippen molar-refractivity contribution >= 4 is 17.3 Å². The zero-order chi connectivity index (χ0) is 11.3. The largest absolute Gasteiger partial charge is 0.370 e. The van der Waals surface area contributed by atoms with Crippen LogP contribution in [-0.2, 0) is 6.54 Å². The molecule has 1 aromatic heterocycles. The van der Waals surface area contributed by atoms with Crippen LogP contribution in [0.3, 0.4) is 0 Å². The molecule has 0 aliphatic heterocycles. The lowest BCUT2D eigenvalue weighted by Crippen LogP contribution is -2.34. The van der Waals surface area contributed by atoms with Crippen molar-refractivity contribution < 1.29 is 0 Å². The average Bonchev–Trinajstić information content (AvgIpc) is 2.58. The SMILES string of the molecule is Cc1ccsc1CN=C(N)NCC(C)C. The maximum atomic E-state index is 5.73. The number of rotatable bonds is 4. The second-order valence-electron chi connectivity index (χ2n) is 4.00.